The van der Waals surface area contributed by atoms with Gasteiger partial charge in [-0.25, -0.2) is 4.68 Å². The van der Waals surface area contributed by atoms with Gasteiger partial charge in [-0.3, -0.25) is 0 Å². The molecule has 1 saturated heterocycles. The van der Waals surface area contributed by atoms with Crippen LogP contribution in [0.3, 0.4) is 0 Å². The van der Waals surface area contributed by atoms with Crippen LogP contribution in [0.15, 0.2) is 30.3 Å². The Morgan fingerprint density at radius 2 is 1.76 bits per heavy atom. The Morgan fingerprint density at radius 1 is 1.14 bits per heavy atom. The van der Waals surface area contributed by atoms with Crippen molar-refractivity contribution in [3.63, 3.8) is 0 Å². The number of hydrogen-bond acceptors (Lipinski definition) is 4. The smallest absolute Gasteiger partial charge is 0.398 e. The van der Waals surface area contributed by atoms with Crippen molar-refractivity contribution in [2.45, 2.75) is 45.7 Å². The molecule has 1 aromatic heterocycles. The van der Waals surface area contributed by atoms with Gasteiger partial charge in [-0.2, -0.15) is 0 Å². The minimum atomic E-state index is -2.82. The molecular formula is C15H20BN3O2. The van der Waals surface area contributed by atoms with Gasteiger partial charge in [0.05, 0.1) is 29.9 Å². The van der Waals surface area contributed by atoms with E-state index in [9.17, 15) is 0 Å². The maximum atomic E-state index is 8.38. The lowest BCUT2D eigenvalue weighted by Crippen LogP contribution is -2.41. The largest absolute Gasteiger partial charge is 0.518 e. The van der Waals surface area contributed by atoms with Gasteiger partial charge in [-0.15, -0.1) is 5.10 Å². The van der Waals surface area contributed by atoms with Crippen molar-refractivity contribution >= 4 is 12.7 Å². The maximum absolute atomic E-state index is 8.38. The lowest BCUT2D eigenvalue weighted by atomic mass is 9.86. The van der Waals surface area contributed by atoms with Crippen LogP contribution in [-0.4, -0.2) is 33.3 Å². The molecule has 0 unspecified atom stereocenters. The third kappa shape index (κ3) is 2.49. The number of benzene rings is 1. The van der Waals surface area contributed by atoms with Gasteiger partial charge in [0.25, 0.3) is 0 Å². The molecule has 1 aliphatic heterocycles. The van der Waals surface area contributed by atoms with Gasteiger partial charge in [0.15, 0.2) is 0 Å². The Balaban J connectivity index is 2.14. The van der Waals surface area contributed by atoms with E-state index in [2.05, 4.69) is 10.3 Å². The molecule has 1 fully saturated rings. The Hall–Kier alpha value is -1.66. The highest BCUT2D eigenvalue weighted by molar-refractivity contribution is 6.61. The van der Waals surface area contributed by atoms with Gasteiger partial charge in [-0.05, 0) is 46.6 Å². The standard InChI is InChI=1S/C15H20BN3O2/c1-11-6-8-12(9-7-11)19-10-13(17-18-19)16-20-14(2,3)15(4,5)21-16/h6-10H,1-5H3/i1D3,6D,7D,8D,9D,10D. The molecule has 0 N–H and O–H groups in total. The van der Waals surface area contributed by atoms with Crippen LogP contribution in [-0.2, 0) is 9.31 Å². The molecule has 0 atom stereocenters. The quantitative estimate of drug-likeness (QED) is 0.793. The molecule has 0 radical (unpaired) electrons. The van der Waals surface area contributed by atoms with Crippen LogP contribution in [0, 0.1) is 6.85 Å². The molecule has 3 rings (SSSR count). The summed E-state index contributed by atoms with van der Waals surface area (Å²) in [7, 11) is -1.00. The van der Waals surface area contributed by atoms with Gasteiger partial charge < -0.3 is 9.31 Å². The number of rotatable bonds is 2. The van der Waals surface area contributed by atoms with E-state index in [-0.39, 0.29) is 17.5 Å². The van der Waals surface area contributed by atoms with E-state index in [1.54, 1.807) is 0 Å². The van der Waals surface area contributed by atoms with E-state index in [4.69, 9.17) is 20.3 Å². The summed E-state index contributed by atoms with van der Waals surface area (Å²) in [6.45, 7) is 4.50. The Labute approximate surface area is 136 Å². The van der Waals surface area contributed by atoms with E-state index in [1.165, 1.54) is 0 Å². The fraction of sp³-hybridized carbons (Fsp3) is 0.467. The van der Waals surface area contributed by atoms with Gasteiger partial charge in [-0.1, -0.05) is 22.9 Å². The Morgan fingerprint density at radius 3 is 2.33 bits per heavy atom. The van der Waals surface area contributed by atoms with E-state index >= 15 is 0 Å². The molecule has 0 amide bonds. The predicted molar refractivity (Wildman–Crippen MR) is 81.8 cm³/mol. The molecule has 0 aliphatic carbocycles. The molecule has 2 aromatic rings. The first-order valence-corrected chi connectivity index (χ1v) is 6.49. The molecule has 21 heavy (non-hydrogen) atoms. The molecule has 5 nitrogen and oxygen atoms in total. The molecule has 0 bridgehead atoms. The van der Waals surface area contributed by atoms with Crippen molar-refractivity contribution < 1.29 is 20.3 Å². The van der Waals surface area contributed by atoms with Crippen molar-refractivity contribution in [3.05, 3.63) is 35.9 Å². The van der Waals surface area contributed by atoms with Crippen LogP contribution in [0.1, 0.15) is 44.2 Å². The molecule has 0 saturated carbocycles. The maximum Gasteiger partial charge on any atom is 0.518 e. The summed E-state index contributed by atoms with van der Waals surface area (Å²) >= 11 is 0. The first kappa shape index (κ1) is 7.56. The molecule has 0 spiro atoms. The third-order valence-corrected chi connectivity index (χ3v) is 3.76. The summed E-state index contributed by atoms with van der Waals surface area (Å²) in [6.07, 6.45) is -0.342. The summed E-state index contributed by atoms with van der Waals surface area (Å²) in [5.74, 6) is 0. The highest BCUT2D eigenvalue weighted by atomic mass is 16.7. The predicted octanol–water partition coefficient (Wildman–Crippen LogP) is 1.87. The fourth-order valence-corrected chi connectivity index (χ4v) is 1.81. The summed E-state index contributed by atoms with van der Waals surface area (Å²) in [5, 5.41) is 7.69. The molecule has 1 aliphatic rings. The van der Waals surface area contributed by atoms with Crippen molar-refractivity contribution in [3.8, 4) is 5.69 Å². The van der Waals surface area contributed by atoms with Gasteiger partial charge >= 0.3 is 7.12 Å². The monoisotopic (exact) mass is 293 g/mol. The molecular weight excluding hydrogens is 265 g/mol. The zero-order chi connectivity index (χ0) is 22.1. The lowest BCUT2D eigenvalue weighted by molar-refractivity contribution is 0.00578. The highest BCUT2D eigenvalue weighted by Gasteiger charge is 2.52. The van der Waals surface area contributed by atoms with Crippen LogP contribution in [0.25, 0.3) is 5.69 Å². The Kier molecular flexibility index (Phi) is 1.68. The summed E-state index contributed by atoms with van der Waals surface area (Å²) in [6, 6.07) is -2.69. The van der Waals surface area contributed by atoms with Crippen molar-refractivity contribution in [1.29, 1.82) is 0 Å². The SMILES string of the molecule is [2H]c1c([2H])c(C([2H])([2H])[2H])c([2H])c([2H])c1-n1nnc(B2OC(C)(C)C(C)(C)O2)c1[2H]. The minimum absolute atomic E-state index is 0.0143. The first-order chi connectivity index (χ1) is 13.1. The molecule has 6 heteroatoms. The summed E-state index contributed by atoms with van der Waals surface area (Å²) in [5.41, 5.74) is -2.40. The van der Waals surface area contributed by atoms with Crippen LogP contribution in [0.4, 0.5) is 0 Å². The first-order valence-electron chi connectivity index (χ1n) is 10.5. The fourth-order valence-electron chi connectivity index (χ4n) is 1.81. The van der Waals surface area contributed by atoms with Gasteiger partial charge in [0, 0.05) is 4.11 Å². The average molecular weight is 293 g/mol. The zero-order valence-electron chi connectivity index (χ0n) is 20.2. The van der Waals surface area contributed by atoms with Gasteiger partial charge in [0.2, 0.25) is 0 Å². The summed E-state index contributed by atoms with van der Waals surface area (Å²) in [4.78, 5) is 0. The second-order valence-corrected chi connectivity index (χ2v) is 5.81. The van der Waals surface area contributed by atoms with Crippen molar-refractivity contribution in [2.24, 2.45) is 0 Å². The normalized spacial score (nSPS) is 26.0. The second kappa shape index (κ2) is 4.68. The average Bonchev–Trinajstić information content (AvgIpc) is 3.02. The second-order valence-electron chi connectivity index (χ2n) is 5.81. The van der Waals surface area contributed by atoms with E-state index in [0.29, 0.717) is 0 Å². The Bertz CT molecular complexity index is 944. The zero-order valence-corrected chi connectivity index (χ0v) is 12.2. The van der Waals surface area contributed by atoms with Crippen LogP contribution >= 0.6 is 0 Å². The number of nitrogens with zero attached hydrogens (tertiary/aromatic N) is 3. The summed E-state index contributed by atoms with van der Waals surface area (Å²) < 4.78 is 75.7. The van der Waals surface area contributed by atoms with E-state index in [1.807, 2.05) is 27.7 Å². The number of hydrogen-bond donors (Lipinski definition) is 0. The number of aromatic nitrogens is 3. The lowest BCUT2D eigenvalue weighted by Gasteiger charge is -2.32. The van der Waals surface area contributed by atoms with Crippen LogP contribution in [0.5, 0.6) is 0 Å². The van der Waals surface area contributed by atoms with Crippen LogP contribution < -0.4 is 5.59 Å². The molecule has 1 aromatic carbocycles. The van der Waals surface area contributed by atoms with E-state index in [0.717, 1.165) is 4.68 Å². The molecule has 2 heterocycles. The molecule has 110 valence electrons. The van der Waals surface area contributed by atoms with Crippen molar-refractivity contribution in [1.82, 2.24) is 15.0 Å². The van der Waals surface area contributed by atoms with Gasteiger partial charge in [0.1, 0.15) is 5.59 Å². The minimum Gasteiger partial charge on any atom is -0.398 e. The van der Waals surface area contributed by atoms with Crippen molar-refractivity contribution in [2.75, 3.05) is 0 Å². The third-order valence-electron chi connectivity index (χ3n) is 3.76. The van der Waals surface area contributed by atoms with E-state index < -0.39 is 54.9 Å². The van der Waals surface area contributed by atoms with Crippen LogP contribution in [0.2, 0.25) is 0 Å². The highest BCUT2D eigenvalue weighted by Crippen LogP contribution is 2.36. The topological polar surface area (TPSA) is 49.2 Å².